The molecule has 0 aliphatic carbocycles. The molecule has 8 heteroatoms. The van der Waals surface area contributed by atoms with Crippen LogP contribution in [-0.4, -0.2) is 33.0 Å². The predicted octanol–water partition coefficient (Wildman–Crippen LogP) is 3.73. The van der Waals surface area contributed by atoms with Crippen molar-refractivity contribution < 1.29 is 17.2 Å². The zero-order valence-corrected chi connectivity index (χ0v) is 15.5. The molecule has 0 bridgehead atoms. The Kier molecular flexibility index (Phi) is 5.92. The molecule has 1 aliphatic rings. The monoisotopic (exact) mass is 400 g/mol. The fourth-order valence-electron chi connectivity index (χ4n) is 3.15. The topological polar surface area (TPSA) is 49.4 Å². The van der Waals surface area contributed by atoms with Crippen molar-refractivity contribution in [1.29, 1.82) is 0 Å². The summed E-state index contributed by atoms with van der Waals surface area (Å²) in [6.45, 7) is 1.79. The van der Waals surface area contributed by atoms with Crippen LogP contribution in [0.1, 0.15) is 24.4 Å². The van der Waals surface area contributed by atoms with Crippen molar-refractivity contribution in [2.45, 2.75) is 23.8 Å². The summed E-state index contributed by atoms with van der Waals surface area (Å²) in [4.78, 5) is 1.87. The van der Waals surface area contributed by atoms with Crippen molar-refractivity contribution in [1.82, 2.24) is 9.62 Å². The maximum atomic E-state index is 13.4. The maximum absolute atomic E-state index is 13.4. The Morgan fingerprint density at radius 3 is 2.42 bits per heavy atom. The van der Waals surface area contributed by atoms with Gasteiger partial charge in [-0.2, -0.15) is 0 Å². The number of benzene rings is 2. The van der Waals surface area contributed by atoms with Crippen LogP contribution in [0.2, 0.25) is 5.02 Å². The van der Waals surface area contributed by atoms with Gasteiger partial charge in [0.2, 0.25) is 10.0 Å². The summed E-state index contributed by atoms with van der Waals surface area (Å²) >= 11 is 6.31. The average Bonchev–Trinajstić information content (AvgIpc) is 3.13. The van der Waals surface area contributed by atoms with Crippen molar-refractivity contribution in [3.05, 3.63) is 64.7 Å². The van der Waals surface area contributed by atoms with E-state index in [-0.39, 0.29) is 17.5 Å². The number of hydrogen-bond donors (Lipinski definition) is 1. The molecule has 0 radical (unpaired) electrons. The lowest BCUT2D eigenvalue weighted by Gasteiger charge is -2.28. The number of likely N-dealkylation sites (tertiary alicyclic amines) is 1. The van der Waals surface area contributed by atoms with Crippen LogP contribution in [0.5, 0.6) is 0 Å². The lowest BCUT2D eigenvalue weighted by atomic mass is 10.1. The largest absolute Gasteiger partial charge is 0.295 e. The van der Waals surface area contributed by atoms with Gasteiger partial charge in [0.1, 0.15) is 0 Å². The third-order valence-corrected chi connectivity index (χ3v) is 6.28. The number of rotatable bonds is 6. The molecule has 0 unspecified atom stereocenters. The summed E-state index contributed by atoms with van der Waals surface area (Å²) in [5.74, 6) is -2.29. The Morgan fingerprint density at radius 2 is 1.77 bits per heavy atom. The molecule has 3 rings (SSSR count). The zero-order chi connectivity index (χ0) is 18.7. The molecule has 1 fully saturated rings. The van der Waals surface area contributed by atoms with Gasteiger partial charge in [-0.05, 0) is 55.8 Å². The summed E-state index contributed by atoms with van der Waals surface area (Å²) in [5.41, 5.74) is 0.837. The molecule has 0 saturated carbocycles. The molecule has 4 nitrogen and oxygen atoms in total. The van der Waals surface area contributed by atoms with Crippen molar-refractivity contribution in [2.24, 2.45) is 0 Å². The molecule has 140 valence electrons. The molecule has 1 N–H and O–H groups in total. The van der Waals surface area contributed by atoms with Gasteiger partial charge < -0.3 is 0 Å². The maximum Gasteiger partial charge on any atom is 0.240 e. The number of halogens is 3. The first kappa shape index (κ1) is 19.2. The van der Waals surface area contributed by atoms with Gasteiger partial charge in [0.25, 0.3) is 0 Å². The standard InChI is InChI=1S/C18H19ClF2N2O2S/c19-15-6-2-1-5-14(15)18(23-9-3-4-10-23)12-22-26(24,25)13-7-8-16(20)17(21)11-13/h1-2,5-8,11,18,22H,3-4,9-10,12H2/t18-/m1/s1. The highest BCUT2D eigenvalue weighted by atomic mass is 35.5. The van der Waals surface area contributed by atoms with Crippen molar-refractivity contribution >= 4 is 21.6 Å². The minimum atomic E-state index is -3.97. The molecule has 0 aromatic heterocycles. The van der Waals surface area contributed by atoms with Gasteiger partial charge in [0.05, 0.1) is 4.90 Å². The van der Waals surface area contributed by atoms with Gasteiger partial charge in [-0.15, -0.1) is 0 Å². The molecule has 1 atom stereocenters. The Labute approximate surface area is 156 Å². The van der Waals surface area contributed by atoms with Gasteiger partial charge in [0, 0.05) is 17.6 Å². The van der Waals surface area contributed by atoms with Gasteiger partial charge in [-0.3, -0.25) is 4.90 Å². The molecule has 1 heterocycles. The van der Waals surface area contributed by atoms with Gasteiger partial charge >= 0.3 is 0 Å². The number of sulfonamides is 1. The lowest BCUT2D eigenvalue weighted by molar-refractivity contribution is 0.246. The third kappa shape index (κ3) is 4.23. The number of nitrogens with one attached hydrogen (secondary N) is 1. The first-order valence-corrected chi connectivity index (χ1v) is 10.2. The Balaban J connectivity index is 1.83. The number of nitrogens with zero attached hydrogens (tertiary/aromatic N) is 1. The van der Waals surface area contributed by atoms with Crippen LogP contribution < -0.4 is 4.72 Å². The van der Waals surface area contributed by atoms with Crippen LogP contribution in [0.4, 0.5) is 8.78 Å². The van der Waals surface area contributed by atoms with E-state index in [1.807, 2.05) is 18.2 Å². The smallest absolute Gasteiger partial charge is 0.240 e. The minimum Gasteiger partial charge on any atom is -0.295 e. The third-order valence-electron chi connectivity index (χ3n) is 4.51. The van der Waals surface area contributed by atoms with Crippen molar-refractivity contribution in [2.75, 3.05) is 19.6 Å². The first-order valence-electron chi connectivity index (χ1n) is 8.32. The summed E-state index contributed by atoms with van der Waals surface area (Å²) in [5, 5.41) is 0.566. The van der Waals surface area contributed by atoms with Crippen LogP contribution in [0.25, 0.3) is 0 Å². The molecular formula is C18H19ClF2N2O2S. The Hall–Kier alpha value is -1.54. The molecule has 2 aromatic rings. The summed E-state index contributed by atoms with van der Waals surface area (Å²) in [6, 6.07) is 9.61. The lowest BCUT2D eigenvalue weighted by Crippen LogP contribution is -2.37. The van der Waals surface area contributed by atoms with Gasteiger partial charge in [0.15, 0.2) is 11.6 Å². The average molecular weight is 401 g/mol. The van der Waals surface area contributed by atoms with E-state index >= 15 is 0 Å². The Bertz CT molecular complexity index is 887. The molecule has 1 aliphatic heterocycles. The second-order valence-electron chi connectivity index (χ2n) is 6.21. The van der Waals surface area contributed by atoms with Gasteiger partial charge in [-0.1, -0.05) is 29.8 Å². The second-order valence-corrected chi connectivity index (χ2v) is 8.38. The normalized spacial score (nSPS) is 16.7. The molecule has 1 saturated heterocycles. The first-order chi connectivity index (χ1) is 12.4. The fraction of sp³-hybridized carbons (Fsp3) is 0.333. The van der Waals surface area contributed by atoms with Crippen LogP contribution >= 0.6 is 11.6 Å². The highest BCUT2D eigenvalue weighted by Crippen LogP contribution is 2.30. The zero-order valence-electron chi connectivity index (χ0n) is 14.0. The van der Waals surface area contributed by atoms with Crippen molar-refractivity contribution in [3.63, 3.8) is 0 Å². The SMILES string of the molecule is O=S(=O)(NC[C@H](c1ccccc1Cl)N1CCCC1)c1ccc(F)c(F)c1. The van der Waals surface area contributed by atoms with E-state index in [0.717, 1.165) is 43.6 Å². The van der Waals surface area contributed by atoms with Crippen LogP contribution in [0.15, 0.2) is 47.4 Å². The molecule has 2 aromatic carbocycles. The van der Waals surface area contributed by atoms with E-state index in [0.29, 0.717) is 11.1 Å². The molecule has 0 amide bonds. The molecular weight excluding hydrogens is 382 g/mol. The van der Waals surface area contributed by atoms with E-state index < -0.39 is 21.7 Å². The minimum absolute atomic E-state index is 0.0884. The van der Waals surface area contributed by atoms with E-state index in [1.165, 1.54) is 0 Å². The summed E-state index contributed by atoms with van der Waals surface area (Å²) in [6.07, 6.45) is 2.08. The van der Waals surface area contributed by atoms with Crippen molar-refractivity contribution in [3.8, 4) is 0 Å². The van der Waals surface area contributed by atoms with E-state index in [9.17, 15) is 17.2 Å². The summed E-state index contributed by atoms with van der Waals surface area (Å²) < 4.78 is 53.9. The van der Waals surface area contributed by atoms with E-state index in [2.05, 4.69) is 9.62 Å². The van der Waals surface area contributed by atoms with Crippen LogP contribution in [0, 0.1) is 11.6 Å². The fourth-order valence-corrected chi connectivity index (χ4v) is 4.46. The second kappa shape index (κ2) is 8.00. The molecule has 0 spiro atoms. The molecule has 26 heavy (non-hydrogen) atoms. The van der Waals surface area contributed by atoms with Gasteiger partial charge in [-0.25, -0.2) is 21.9 Å². The van der Waals surface area contributed by atoms with E-state index in [4.69, 9.17) is 11.6 Å². The number of hydrogen-bond acceptors (Lipinski definition) is 3. The Morgan fingerprint density at radius 1 is 1.08 bits per heavy atom. The van der Waals surface area contributed by atoms with Crippen LogP contribution in [0.3, 0.4) is 0 Å². The summed E-state index contributed by atoms with van der Waals surface area (Å²) in [7, 11) is -3.97. The predicted molar refractivity (Wildman–Crippen MR) is 96.5 cm³/mol. The quantitative estimate of drug-likeness (QED) is 0.803. The van der Waals surface area contributed by atoms with E-state index in [1.54, 1.807) is 6.07 Å². The van der Waals surface area contributed by atoms with Crippen LogP contribution in [-0.2, 0) is 10.0 Å². The highest BCUT2D eigenvalue weighted by Gasteiger charge is 2.27. The highest BCUT2D eigenvalue weighted by molar-refractivity contribution is 7.89.